The molecule has 0 aliphatic carbocycles. The molecule has 0 amide bonds. The highest BCUT2D eigenvalue weighted by Crippen LogP contribution is 2.16. The van der Waals surface area contributed by atoms with E-state index in [1.165, 1.54) is 0 Å². The van der Waals surface area contributed by atoms with E-state index in [4.69, 9.17) is 5.26 Å². The van der Waals surface area contributed by atoms with E-state index in [9.17, 15) is 18.0 Å². The molecule has 0 atom stereocenters. The summed E-state index contributed by atoms with van der Waals surface area (Å²) in [5.41, 5.74) is 4.01. The molecule has 0 unspecified atom stereocenters. The minimum absolute atomic E-state index is 0.0625. The summed E-state index contributed by atoms with van der Waals surface area (Å²) in [6.45, 7) is 25.5. The third-order valence-corrected chi connectivity index (χ3v) is 7.28. The number of sulfone groups is 1. The quantitative estimate of drug-likeness (QED) is 0.318. The molecule has 0 aliphatic heterocycles. The molecule has 0 fully saturated rings. The zero-order chi connectivity index (χ0) is 26.6. The van der Waals surface area contributed by atoms with Gasteiger partial charge in [0.05, 0.1) is 10.8 Å². The standard InChI is InChI=1S/C9H13NO.C9H16O.C8H16O2S/c1-6(2)8(5-10)9(11)7(3)4;1-6(2)8(5)9(10)7(3)4;1-6(2)8(5)11(9,10)7(3)4/h7H,1-4H3;7H,1-5H3;7H,1-5H3. The van der Waals surface area contributed by atoms with Gasteiger partial charge in [-0.3, -0.25) is 9.59 Å². The van der Waals surface area contributed by atoms with Gasteiger partial charge in [-0.2, -0.15) is 5.26 Å². The maximum absolute atomic E-state index is 11.4. The molecule has 6 heteroatoms. The van der Waals surface area contributed by atoms with Gasteiger partial charge in [-0.05, 0) is 74.8 Å². The third-order valence-electron chi connectivity index (χ3n) is 4.78. The van der Waals surface area contributed by atoms with Crippen LogP contribution in [0.3, 0.4) is 0 Å². The van der Waals surface area contributed by atoms with Crippen molar-refractivity contribution >= 4 is 21.4 Å². The van der Waals surface area contributed by atoms with Gasteiger partial charge >= 0.3 is 0 Å². The summed E-state index contributed by atoms with van der Waals surface area (Å²) in [4.78, 5) is 23.0. The molecule has 0 radical (unpaired) electrons. The Hall–Kier alpha value is -2.00. The van der Waals surface area contributed by atoms with E-state index in [-0.39, 0.29) is 28.7 Å². The van der Waals surface area contributed by atoms with Gasteiger partial charge in [0.2, 0.25) is 0 Å². The van der Waals surface area contributed by atoms with Crippen LogP contribution in [0.2, 0.25) is 0 Å². The predicted octanol–water partition coefficient (Wildman–Crippen LogP) is 6.76. The van der Waals surface area contributed by atoms with Crippen molar-refractivity contribution in [1.82, 2.24) is 0 Å². The Bertz CT molecular complexity index is 879. The molecule has 0 aromatic heterocycles. The molecule has 0 N–H and O–H groups in total. The second-order valence-electron chi connectivity index (χ2n) is 9.30. The number of nitriles is 1. The number of hydrogen-bond donors (Lipinski definition) is 0. The first-order chi connectivity index (χ1) is 14.3. The van der Waals surface area contributed by atoms with Gasteiger partial charge in [-0.25, -0.2) is 8.42 Å². The Morgan fingerprint density at radius 3 is 1.12 bits per heavy atom. The number of hydrogen-bond acceptors (Lipinski definition) is 5. The van der Waals surface area contributed by atoms with Crippen molar-refractivity contribution in [2.45, 2.75) is 102 Å². The van der Waals surface area contributed by atoms with E-state index in [0.29, 0.717) is 10.5 Å². The Morgan fingerprint density at radius 1 is 0.656 bits per heavy atom. The monoisotopic (exact) mass is 467 g/mol. The summed E-state index contributed by atoms with van der Waals surface area (Å²) in [5, 5.41) is 8.28. The van der Waals surface area contributed by atoms with Crippen LogP contribution >= 0.6 is 0 Å². The van der Waals surface area contributed by atoms with Gasteiger partial charge in [0.1, 0.15) is 6.07 Å². The summed E-state index contributed by atoms with van der Waals surface area (Å²) in [7, 11) is -3.00. The SMILES string of the molecule is CC(C)=C(C#N)C(=O)C(C)C.CC(C)=C(C)C(=O)C(C)C.CC(C)=C(C)S(=O)(=O)C(C)C. The first-order valence-corrected chi connectivity index (χ1v) is 12.5. The molecule has 32 heavy (non-hydrogen) atoms. The second kappa shape index (κ2) is 15.7. The van der Waals surface area contributed by atoms with Gasteiger partial charge in [-0.1, -0.05) is 44.4 Å². The summed E-state index contributed by atoms with van der Waals surface area (Å²) in [6, 6.07) is 1.91. The normalized spacial score (nSPS) is 10.2. The zero-order valence-corrected chi connectivity index (χ0v) is 23.5. The lowest BCUT2D eigenvalue weighted by Crippen LogP contribution is -2.15. The van der Waals surface area contributed by atoms with Crippen LogP contribution in [0.15, 0.2) is 32.8 Å². The molecule has 0 aliphatic rings. The van der Waals surface area contributed by atoms with Crippen molar-refractivity contribution in [2.24, 2.45) is 11.8 Å². The highest BCUT2D eigenvalue weighted by atomic mass is 32.2. The average Bonchev–Trinajstić information content (AvgIpc) is 2.66. The molecule has 0 aromatic carbocycles. The molecule has 184 valence electrons. The third kappa shape index (κ3) is 12.8. The molecule has 0 saturated carbocycles. The summed E-state index contributed by atoms with van der Waals surface area (Å²) in [5.74, 6) is 0.252. The fourth-order valence-corrected chi connectivity index (χ4v) is 3.30. The number of nitrogens with zero attached hydrogens (tertiary/aromatic N) is 1. The molecule has 0 saturated heterocycles. The first kappa shape index (κ1) is 34.6. The number of carbonyl (C=O) groups excluding carboxylic acids is 2. The van der Waals surface area contributed by atoms with Gasteiger partial charge < -0.3 is 0 Å². The highest BCUT2D eigenvalue weighted by Gasteiger charge is 2.18. The molecular weight excluding hydrogens is 422 g/mol. The van der Waals surface area contributed by atoms with Crippen LogP contribution in [0.4, 0.5) is 0 Å². The summed E-state index contributed by atoms with van der Waals surface area (Å²) >= 11 is 0. The van der Waals surface area contributed by atoms with Crippen LogP contribution < -0.4 is 0 Å². The van der Waals surface area contributed by atoms with Crippen LogP contribution in [0.1, 0.15) is 96.9 Å². The van der Waals surface area contributed by atoms with E-state index in [0.717, 1.165) is 22.3 Å². The molecule has 0 bridgehead atoms. The van der Waals surface area contributed by atoms with Gasteiger partial charge in [0.25, 0.3) is 0 Å². The first-order valence-electron chi connectivity index (χ1n) is 10.9. The van der Waals surface area contributed by atoms with E-state index < -0.39 is 9.84 Å². The molecule has 0 spiro atoms. The predicted molar refractivity (Wildman–Crippen MR) is 136 cm³/mol. The van der Waals surface area contributed by atoms with E-state index >= 15 is 0 Å². The minimum atomic E-state index is -3.00. The number of allylic oxidation sites excluding steroid dienone is 6. The lowest BCUT2D eigenvalue weighted by molar-refractivity contribution is -0.118. The fraction of sp³-hybridized carbons (Fsp3) is 0.654. The average molecular weight is 468 g/mol. The Morgan fingerprint density at radius 2 is 1.03 bits per heavy atom. The van der Waals surface area contributed by atoms with Gasteiger partial charge in [0.15, 0.2) is 21.4 Å². The van der Waals surface area contributed by atoms with E-state index in [1.54, 1.807) is 48.5 Å². The maximum Gasteiger partial charge on any atom is 0.176 e. The Labute approximate surface area is 197 Å². The number of carbonyl (C=O) groups is 2. The van der Waals surface area contributed by atoms with Crippen molar-refractivity contribution in [1.29, 1.82) is 5.26 Å². The number of ketones is 2. The van der Waals surface area contributed by atoms with Crippen LogP contribution in [0.25, 0.3) is 0 Å². The van der Waals surface area contributed by atoms with Crippen molar-refractivity contribution in [3.63, 3.8) is 0 Å². The molecular formula is C26H45NO4S. The van der Waals surface area contributed by atoms with Crippen LogP contribution in [0, 0.1) is 23.2 Å². The lowest BCUT2D eigenvalue weighted by Gasteiger charge is -2.08. The van der Waals surface area contributed by atoms with E-state index in [2.05, 4.69) is 0 Å². The van der Waals surface area contributed by atoms with E-state index in [1.807, 2.05) is 54.5 Å². The summed E-state index contributed by atoms with van der Waals surface area (Å²) in [6.07, 6.45) is 0. The smallest absolute Gasteiger partial charge is 0.176 e. The largest absolute Gasteiger partial charge is 0.294 e. The molecule has 5 nitrogen and oxygen atoms in total. The minimum Gasteiger partial charge on any atom is -0.294 e. The maximum atomic E-state index is 11.4. The zero-order valence-electron chi connectivity index (χ0n) is 22.7. The van der Waals surface area contributed by atoms with Crippen molar-refractivity contribution in [3.8, 4) is 6.07 Å². The van der Waals surface area contributed by atoms with Crippen LogP contribution in [-0.2, 0) is 19.4 Å². The topological polar surface area (TPSA) is 92.1 Å². The molecule has 0 heterocycles. The highest BCUT2D eigenvalue weighted by molar-refractivity contribution is 7.95. The van der Waals surface area contributed by atoms with Crippen molar-refractivity contribution in [3.05, 3.63) is 32.8 Å². The van der Waals surface area contributed by atoms with Gasteiger partial charge in [-0.15, -0.1) is 0 Å². The van der Waals surface area contributed by atoms with Crippen LogP contribution in [-0.4, -0.2) is 25.2 Å². The number of rotatable bonds is 6. The fourth-order valence-electron chi connectivity index (χ4n) is 2.02. The van der Waals surface area contributed by atoms with Crippen LogP contribution in [0.5, 0.6) is 0 Å². The Kier molecular flexibility index (Phi) is 17.0. The molecule has 0 aromatic rings. The van der Waals surface area contributed by atoms with Crippen molar-refractivity contribution in [2.75, 3.05) is 0 Å². The Balaban J connectivity index is -0.000000395. The van der Waals surface area contributed by atoms with Gasteiger partial charge in [0, 0.05) is 16.7 Å². The second-order valence-corrected chi connectivity index (χ2v) is 11.9. The summed E-state index contributed by atoms with van der Waals surface area (Å²) < 4.78 is 22.8. The van der Waals surface area contributed by atoms with Crippen molar-refractivity contribution < 1.29 is 18.0 Å². The number of Topliss-reactive ketones (excluding diaryl/α,β-unsaturated/α-hetero) is 2. The molecule has 0 rings (SSSR count). The lowest BCUT2D eigenvalue weighted by atomic mass is 9.99.